The lowest BCUT2D eigenvalue weighted by atomic mass is 10.2. The predicted octanol–water partition coefficient (Wildman–Crippen LogP) is 2.11. The molecule has 0 atom stereocenters. The molecule has 0 aromatic carbocycles. The van der Waals surface area contributed by atoms with E-state index in [0.29, 0.717) is 0 Å². The maximum Gasteiger partial charge on any atom is 0.194 e. The highest BCUT2D eigenvalue weighted by molar-refractivity contribution is 7.14. The van der Waals surface area contributed by atoms with Crippen LogP contribution in [0, 0.1) is 0 Å². The molecule has 0 aliphatic carbocycles. The Labute approximate surface area is 153 Å². The Morgan fingerprint density at radius 2 is 2.08 bits per heavy atom. The van der Waals surface area contributed by atoms with Gasteiger partial charge in [0.25, 0.3) is 0 Å². The minimum Gasteiger partial charge on any atom is -0.363 e. The van der Waals surface area contributed by atoms with Gasteiger partial charge in [-0.25, -0.2) is 4.98 Å². The summed E-state index contributed by atoms with van der Waals surface area (Å²) in [7, 11) is 5.86. The molecule has 0 unspecified atom stereocenters. The van der Waals surface area contributed by atoms with Crippen molar-refractivity contribution in [3.8, 4) is 0 Å². The Bertz CT molecular complexity index is 689. The van der Waals surface area contributed by atoms with Gasteiger partial charge in [0, 0.05) is 60.1 Å². The van der Waals surface area contributed by atoms with Crippen LogP contribution >= 0.6 is 11.3 Å². The standard InChI is InChI=1S/C18H26N6S/c1-19-18(21-14-15-6-7-20-16(13-15)22(2)3)24-10-8-23(9-11-24)17-5-4-12-25-17/h4-7,12-13H,8-11,14H2,1-3H3,(H,19,21). The lowest BCUT2D eigenvalue weighted by Crippen LogP contribution is -2.52. The third kappa shape index (κ3) is 4.42. The molecule has 2 aromatic heterocycles. The fraction of sp³-hybridized carbons (Fsp3) is 0.444. The predicted molar refractivity (Wildman–Crippen MR) is 107 cm³/mol. The third-order valence-electron chi connectivity index (χ3n) is 4.33. The van der Waals surface area contributed by atoms with Crippen molar-refractivity contribution >= 4 is 28.1 Å². The van der Waals surface area contributed by atoms with Crippen LogP contribution < -0.4 is 15.1 Å². The first kappa shape index (κ1) is 17.5. The summed E-state index contributed by atoms with van der Waals surface area (Å²) in [4.78, 5) is 15.6. The lowest BCUT2D eigenvalue weighted by molar-refractivity contribution is 0.373. The second-order valence-electron chi connectivity index (χ2n) is 6.24. The summed E-state index contributed by atoms with van der Waals surface area (Å²) in [6.07, 6.45) is 1.86. The summed E-state index contributed by atoms with van der Waals surface area (Å²) >= 11 is 1.81. The van der Waals surface area contributed by atoms with Crippen molar-refractivity contribution < 1.29 is 0 Å². The van der Waals surface area contributed by atoms with Gasteiger partial charge in [-0.1, -0.05) is 0 Å². The highest BCUT2D eigenvalue weighted by Crippen LogP contribution is 2.22. The summed E-state index contributed by atoms with van der Waals surface area (Å²) in [5.74, 6) is 1.94. The fourth-order valence-corrected chi connectivity index (χ4v) is 3.70. The van der Waals surface area contributed by atoms with E-state index in [4.69, 9.17) is 0 Å². The van der Waals surface area contributed by atoms with Gasteiger partial charge in [0.2, 0.25) is 0 Å². The zero-order valence-corrected chi connectivity index (χ0v) is 16.0. The highest BCUT2D eigenvalue weighted by atomic mass is 32.1. The number of nitrogens with zero attached hydrogens (tertiary/aromatic N) is 5. The maximum atomic E-state index is 4.46. The van der Waals surface area contributed by atoms with Gasteiger partial charge in [-0.05, 0) is 35.2 Å². The van der Waals surface area contributed by atoms with Crippen molar-refractivity contribution in [2.45, 2.75) is 6.54 Å². The zero-order valence-electron chi connectivity index (χ0n) is 15.1. The van der Waals surface area contributed by atoms with Crippen LogP contribution in [0.4, 0.5) is 10.8 Å². The van der Waals surface area contributed by atoms with Gasteiger partial charge in [0.1, 0.15) is 5.82 Å². The van der Waals surface area contributed by atoms with E-state index in [2.05, 4.69) is 48.7 Å². The van der Waals surface area contributed by atoms with Gasteiger partial charge in [-0.15, -0.1) is 11.3 Å². The van der Waals surface area contributed by atoms with E-state index in [9.17, 15) is 0 Å². The molecule has 0 amide bonds. The lowest BCUT2D eigenvalue weighted by Gasteiger charge is -2.37. The minimum atomic E-state index is 0.751. The van der Waals surface area contributed by atoms with Gasteiger partial charge in [0.15, 0.2) is 5.96 Å². The first-order chi connectivity index (χ1) is 12.2. The number of nitrogens with one attached hydrogen (secondary N) is 1. The van der Waals surface area contributed by atoms with E-state index in [-0.39, 0.29) is 0 Å². The third-order valence-corrected chi connectivity index (χ3v) is 5.26. The molecule has 1 aliphatic rings. The van der Waals surface area contributed by atoms with E-state index in [1.807, 2.05) is 49.6 Å². The Morgan fingerprint density at radius 3 is 2.72 bits per heavy atom. The molecule has 1 saturated heterocycles. The Morgan fingerprint density at radius 1 is 1.28 bits per heavy atom. The summed E-state index contributed by atoms with van der Waals surface area (Å²) in [5, 5.41) is 6.98. The molecule has 1 aliphatic heterocycles. The molecular weight excluding hydrogens is 332 g/mol. The molecule has 6 nitrogen and oxygen atoms in total. The van der Waals surface area contributed by atoms with Crippen molar-refractivity contribution in [2.75, 3.05) is 57.1 Å². The van der Waals surface area contributed by atoms with Crippen LogP contribution in [0.3, 0.4) is 0 Å². The summed E-state index contributed by atoms with van der Waals surface area (Å²) in [5.41, 5.74) is 1.21. The van der Waals surface area contributed by atoms with Crippen LogP contribution in [0.15, 0.2) is 40.8 Å². The van der Waals surface area contributed by atoms with E-state index in [1.165, 1.54) is 10.6 Å². The number of hydrogen-bond acceptors (Lipinski definition) is 5. The topological polar surface area (TPSA) is 47.0 Å². The van der Waals surface area contributed by atoms with Crippen molar-refractivity contribution in [3.05, 3.63) is 41.4 Å². The smallest absolute Gasteiger partial charge is 0.194 e. The Hall–Kier alpha value is -2.28. The second kappa shape index (κ2) is 8.20. The summed E-state index contributed by atoms with van der Waals surface area (Å²) < 4.78 is 0. The molecule has 2 aromatic rings. The summed E-state index contributed by atoms with van der Waals surface area (Å²) in [6.45, 7) is 4.78. The van der Waals surface area contributed by atoms with Gasteiger partial charge in [-0.3, -0.25) is 4.99 Å². The van der Waals surface area contributed by atoms with Crippen molar-refractivity contribution in [1.82, 2.24) is 15.2 Å². The molecule has 0 bridgehead atoms. The number of rotatable bonds is 4. The van der Waals surface area contributed by atoms with E-state index < -0.39 is 0 Å². The number of pyridine rings is 1. The normalized spacial score (nSPS) is 15.4. The van der Waals surface area contributed by atoms with Gasteiger partial charge >= 0.3 is 0 Å². The second-order valence-corrected chi connectivity index (χ2v) is 7.17. The van der Waals surface area contributed by atoms with Gasteiger partial charge in [0.05, 0.1) is 5.00 Å². The number of thiophene rings is 1. The Balaban J connectivity index is 1.54. The molecule has 0 radical (unpaired) electrons. The van der Waals surface area contributed by atoms with Crippen molar-refractivity contribution in [1.29, 1.82) is 0 Å². The van der Waals surface area contributed by atoms with Crippen LogP contribution in [0.25, 0.3) is 0 Å². The van der Waals surface area contributed by atoms with Crippen molar-refractivity contribution in [2.24, 2.45) is 4.99 Å². The fourth-order valence-electron chi connectivity index (χ4n) is 2.92. The van der Waals surface area contributed by atoms with E-state index in [1.54, 1.807) is 0 Å². The largest absolute Gasteiger partial charge is 0.363 e. The molecule has 25 heavy (non-hydrogen) atoms. The summed E-state index contributed by atoms with van der Waals surface area (Å²) in [6, 6.07) is 8.46. The molecule has 7 heteroatoms. The molecule has 1 fully saturated rings. The Kier molecular flexibility index (Phi) is 5.75. The van der Waals surface area contributed by atoms with Crippen LogP contribution in [0.2, 0.25) is 0 Å². The molecule has 0 saturated carbocycles. The van der Waals surface area contributed by atoms with Crippen LogP contribution in [0.5, 0.6) is 0 Å². The molecule has 134 valence electrons. The van der Waals surface area contributed by atoms with E-state index in [0.717, 1.165) is 44.5 Å². The minimum absolute atomic E-state index is 0.751. The SMILES string of the molecule is CN=C(NCc1ccnc(N(C)C)c1)N1CCN(c2cccs2)CC1. The number of aliphatic imine (C=N–C) groups is 1. The number of hydrogen-bond donors (Lipinski definition) is 1. The number of piperazine rings is 1. The average molecular weight is 359 g/mol. The highest BCUT2D eigenvalue weighted by Gasteiger charge is 2.20. The maximum absolute atomic E-state index is 4.46. The monoisotopic (exact) mass is 358 g/mol. The zero-order chi connectivity index (χ0) is 17.6. The number of anilines is 2. The first-order valence-corrected chi connectivity index (χ1v) is 9.41. The molecular formula is C18H26N6S. The molecule has 3 rings (SSSR count). The van der Waals surface area contributed by atoms with Gasteiger partial charge in [-0.2, -0.15) is 0 Å². The van der Waals surface area contributed by atoms with Crippen LogP contribution in [-0.4, -0.2) is 63.2 Å². The average Bonchev–Trinajstić information content (AvgIpc) is 3.18. The van der Waals surface area contributed by atoms with Crippen LogP contribution in [0.1, 0.15) is 5.56 Å². The number of aromatic nitrogens is 1. The number of guanidine groups is 1. The van der Waals surface area contributed by atoms with Crippen LogP contribution in [-0.2, 0) is 6.54 Å². The van der Waals surface area contributed by atoms with Gasteiger partial charge < -0.3 is 20.0 Å². The first-order valence-electron chi connectivity index (χ1n) is 8.53. The quantitative estimate of drug-likeness (QED) is 0.670. The molecule has 0 spiro atoms. The van der Waals surface area contributed by atoms with Crippen molar-refractivity contribution in [3.63, 3.8) is 0 Å². The van der Waals surface area contributed by atoms with E-state index >= 15 is 0 Å². The molecule has 1 N–H and O–H groups in total. The molecule has 3 heterocycles.